The van der Waals surface area contributed by atoms with Gasteiger partial charge in [0.2, 0.25) is 5.91 Å². The van der Waals surface area contributed by atoms with E-state index < -0.39 is 16.8 Å². The lowest BCUT2D eigenvalue weighted by molar-refractivity contribution is -0.220. The summed E-state index contributed by atoms with van der Waals surface area (Å²) in [6.45, 7) is 4.64. The molecular formula is C17H22N2O3. The van der Waals surface area contributed by atoms with Crippen molar-refractivity contribution in [3.63, 3.8) is 0 Å². The second kappa shape index (κ2) is 5.00. The quantitative estimate of drug-likeness (QED) is 0.754. The average Bonchev–Trinajstić information content (AvgIpc) is 2.32. The largest absolute Gasteiger partial charge is 0.481 e. The number of carbonyl (C=O) groups is 2. The fourth-order valence-corrected chi connectivity index (χ4v) is 3.73. The molecule has 1 aromatic carbocycles. The lowest BCUT2D eigenvalue weighted by atomic mass is 9.35. The van der Waals surface area contributed by atoms with E-state index in [9.17, 15) is 9.59 Å². The molecule has 0 aliphatic heterocycles. The van der Waals surface area contributed by atoms with Gasteiger partial charge in [-0.25, -0.2) is 0 Å². The SMILES string of the molecule is CC(C)Nc1cccc(CNC(=O)C23CC(C(=O)O)(C2)C3)c1. The van der Waals surface area contributed by atoms with Crippen molar-refractivity contribution in [2.45, 2.75) is 45.7 Å². The summed E-state index contributed by atoms with van der Waals surface area (Å²) < 4.78 is 0. The van der Waals surface area contributed by atoms with Crippen LogP contribution >= 0.6 is 0 Å². The molecule has 0 radical (unpaired) electrons. The molecule has 1 amide bonds. The van der Waals surface area contributed by atoms with Crippen LogP contribution in [0.15, 0.2) is 24.3 Å². The third kappa shape index (κ3) is 2.34. The van der Waals surface area contributed by atoms with E-state index in [1.165, 1.54) is 0 Å². The molecule has 2 bridgehead atoms. The molecule has 3 N–H and O–H groups in total. The monoisotopic (exact) mass is 302 g/mol. The van der Waals surface area contributed by atoms with Gasteiger partial charge in [-0.05, 0) is 50.8 Å². The Hall–Kier alpha value is -2.04. The Morgan fingerprint density at radius 3 is 2.50 bits per heavy atom. The number of hydrogen-bond donors (Lipinski definition) is 3. The van der Waals surface area contributed by atoms with Gasteiger partial charge >= 0.3 is 5.97 Å². The molecule has 0 heterocycles. The van der Waals surface area contributed by atoms with E-state index >= 15 is 0 Å². The molecule has 0 spiro atoms. The van der Waals surface area contributed by atoms with Gasteiger partial charge in [-0.3, -0.25) is 9.59 Å². The summed E-state index contributed by atoms with van der Waals surface area (Å²) in [5.74, 6) is -0.757. The molecule has 0 aromatic heterocycles. The third-order valence-electron chi connectivity index (χ3n) is 4.80. The van der Waals surface area contributed by atoms with Gasteiger partial charge in [-0.15, -0.1) is 0 Å². The number of carboxylic acids is 1. The van der Waals surface area contributed by atoms with Crippen LogP contribution in [0.1, 0.15) is 38.7 Å². The maximum absolute atomic E-state index is 12.3. The van der Waals surface area contributed by atoms with Crippen molar-refractivity contribution >= 4 is 17.6 Å². The first-order valence-corrected chi connectivity index (χ1v) is 7.73. The van der Waals surface area contributed by atoms with Crippen LogP contribution in [0.5, 0.6) is 0 Å². The van der Waals surface area contributed by atoms with Crippen LogP contribution < -0.4 is 10.6 Å². The fourth-order valence-electron chi connectivity index (χ4n) is 3.73. The number of nitrogens with one attached hydrogen (secondary N) is 2. The zero-order chi connectivity index (χ0) is 16.0. The van der Waals surface area contributed by atoms with Gasteiger partial charge in [0.25, 0.3) is 0 Å². The van der Waals surface area contributed by atoms with Crippen molar-refractivity contribution < 1.29 is 14.7 Å². The highest BCUT2D eigenvalue weighted by atomic mass is 16.4. The van der Waals surface area contributed by atoms with Crippen LogP contribution in [-0.2, 0) is 16.1 Å². The Labute approximate surface area is 130 Å². The summed E-state index contributed by atoms with van der Waals surface area (Å²) in [5.41, 5.74) is 1.07. The minimum Gasteiger partial charge on any atom is -0.481 e. The topological polar surface area (TPSA) is 78.4 Å². The number of hydrogen-bond acceptors (Lipinski definition) is 3. The average molecular weight is 302 g/mol. The predicted octanol–water partition coefficient (Wildman–Crippen LogP) is 2.38. The van der Waals surface area contributed by atoms with Crippen molar-refractivity contribution in [3.8, 4) is 0 Å². The molecule has 22 heavy (non-hydrogen) atoms. The maximum Gasteiger partial charge on any atom is 0.309 e. The predicted molar refractivity (Wildman–Crippen MR) is 83.4 cm³/mol. The molecule has 118 valence electrons. The van der Waals surface area contributed by atoms with E-state index in [4.69, 9.17) is 5.11 Å². The van der Waals surface area contributed by atoms with Gasteiger partial charge in [0, 0.05) is 18.3 Å². The van der Waals surface area contributed by atoms with Gasteiger partial charge in [0.15, 0.2) is 0 Å². The van der Waals surface area contributed by atoms with E-state index in [2.05, 4.69) is 24.5 Å². The fraction of sp³-hybridized carbons (Fsp3) is 0.529. The summed E-state index contributed by atoms with van der Waals surface area (Å²) in [4.78, 5) is 23.3. The summed E-state index contributed by atoms with van der Waals surface area (Å²) in [7, 11) is 0. The molecule has 3 aliphatic rings. The second-order valence-electron chi connectivity index (χ2n) is 7.08. The molecule has 0 unspecified atom stereocenters. The Morgan fingerprint density at radius 2 is 1.91 bits per heavy atom. The molecule has 1 aromatic rings. The maximum atomic E-state index is 12.3. The highest BCUT2D eigenvalue weighted by molar-refractivity contribution is 5.93. The van der Waals surface area contributed by atoms with Gasteiger partial charge in [-0.1, -0.05) is 12.1 Å². The number of benzene rings is 1. The minimum absolute atomic E-state index is 0.00199. The second-order valence-corrected chi connectivity index (χ2v) is 7.08. The molecule has 0 saturated heterocycles. The van der Waals surface area contributed by atoms with Crippen LogP contribution in [0.3, 0.4) is 0 Å². The first kappa shape index (κ1) is 14.9. The molecule has 5 heteroatoms. The van der Waals surface area contributed by atoms with Crippen molar-refractivity contribution in [1.82, 2.24) is 5.32 Å². The summed E-state index contributed by atoms with van der Waals surface area (Å²) >= 11 is 0. The Morgan fingerprint density at radius 1 is 1.23 bits per heavy atom. The van der Waals surface area contributed by atoms with Crippen LogP contribution in [0.4, 0.5) is 5.69 Å². The highest BCUT2D eigenvalue weighted by Crippen LogP contribution is 2.73. The van der Waals surface area contributed by atoms with E-state index in [0.717, 1.165) is 11.3 Å². The van der Waals surface area contributed by atoms with Crippen LogP contribution in [0, 0.1) is 10.8 Å². The van der Waals surface area contributed by atoms with E-state index in [1.54, 1.807) is 0 Å². The van der Waals surface area contributed by atoms with Crippen molar-refractivity contribution in [3.05, 3.63) is 29.8 Å². The van der Waals surface area contributed by atoms with Crippen LogP contribution in [-0.4, -0.2) is 23.0 Å². The smallest absolute Gasteiger partial charge is 0.309 e. The first-order chi connectivity index (χ1) is 10.4. The number of anilines is 1. The number of amides is 1. The normalized spacial score (nSPS) is 28.5. The molecule has 3 aliphatic carbocycles. The van der Waals surface area contributed by atoms with E-state index in [0.29, 0.717) is 31.8 Å². The van der Waals surface area contributed by atoms with Gasteiger partial charge in [-0.2, -0.15) is 0 Å². The zero-order valence-electron chi connectivity index (χ0n) is 13.0. The molecule has 5 nitrogen and oxygen atoms in total. The lowest BCUT2D eigenvalue weighted by Crippen LogP contribution is -2.70. The molecule has 0 atom stereocenters. The summed E-state index contributed by atoms with van der Waals surface area (Å²) in [6, 6.07) is 8.33. The van der Waals surface area contributed by atoms with Crippen molar-refractivity contribution in [1.29, 1.82) is 0 Å². The molecule has 3 fully saturated rings. The number of rotatable bonds is 6. The van der Waals surface area contributed by atoms with E-state index in [1.807, 2.05) is 24.3 Å². The highest BCUT2D eigenvalue weighted by Gasteiger charge is 2.75. The number of carbonyl (C=O) groups excluding carboxylic acids is 1. The Balaban J connectivity index is 1.54. The van der Waals surface area contributed by atoms with Gasteiger partial charge < -0.3 is 15.7 Å². The first-order valence-electron chi connectivity index (χ1n) is 7.73. The van der Waals surface area contributed by atoms with Gasteiger partial charge in [0.1, 0.15) is 0 Å². The van der Waals surface area contributed by atoms with Crippen LogP contribution in [0.25, 0.3) is 0 Å². The minimum atomic E-state index is -0.755. The standard InChI is InChI=1S/C17H22N2O3/c1-11(2)19-13-5-3-4-12(6-13)7-18-14(20)16-8-17(9-16,10-16)15(21)22/h3-6,11,19H,7-10H2,1-2H3,(H,18,20)(H,21,22). The number of aliphatic carboxylic acids is 1. The summed E-state index contributed by atoms with van der Waals surface area (Å²) in [6.07, 6.45) is 1.49. The Kier molecular flexibility index (Phi) is 3.38. The zero-order valence-corrected chi connectivity index (χ0v) is 13.0. The molecular weight excluding hydrogens is 280 g/mol. The van der Waals surface area contributed by atoms with E-state index in [-0.39, 0.29) is 5.91 Å². The number of carboxylic acid groups (broad SMARTS) is 1. The molecule has 4 rings (SSSR count). The molecule has 3 saturated carbocycles. The third-order valence-corrected chi connectivity index (χ3v) is 4.80. The summed E-state index contributed by atoms with van der Waals surface area (Å²) in [5, 5.41) is 15.4. The van der Waals surface area contributed by atoms with Crippen molar-refractivity contribution in [2.24, 2.45) is 10.8 Å². The van der Waals surface area contributed by atoms with Crippen molar-refractivity contribution in [2.75, 3.05) is 5.32 Å². The van der Waals surface area contributed by atoms with Crippen LogP contribution in [0.2, 0.25) is 0 Å². The lowest BCUT2D eigenvalue weighted by Gasteiger charge is -2.66. The Bertz CT molecular complexity index is 604. The van der Waals surface area contributed by atoms with Gasteiger partial charge in [0.05, 0.1) is 10.8 Å².